The van der Waals surface area contributed by atoms with E-state index in [1.54, 1.807) is 0 Å². The highest BCUT2D eigenvalue weighted by atomic mass is 16.5. The van der Waals surface area contributed by atoms with Gasteiger partial charge >= 0.3 is 0 Å². The lowest BCUT2D eigenvalue weighted by molar-refractivity contribution is 0.0611. The summed E-state index contributed by atoms with van der Waals surface area (Å²) in [7, 11) is 2.09. The summed E-state index contributed by atoms with van der Waals surface area (Å²) in [6.45, 7) is 3.89. The molecule has 0 aromatic heterocycles. The molecule has 0 saturated carbocycles. The van der Waals surface area contributed by atoms with Crippen LogP contribution in [0.4, 0.5) is 0 Å². The molecule has 0 N–H and O–H groups in total. The zero-order valence-electron chi connectivity index (χ0n) is 9.04. The first-order valence-electron chi connectivity index (χ1n) is 5.46. The normalized spacial score (nSPS) is 18.4. The van der Waals surface area contributed by atoms with Crippen LogP contribution in [0.25, 0.3) is 0 Å². The monoisotopic (exact) mass is 196 g/mol. The van der Waals surface area contributed by atoms with Crippen molar-refractivity contribution in [2.75, 3.05) is 33.4 Å². The summed E-state index contributed by atoms with van der Waals surface area (Å²) in [4.78, 5) is 2.25. The van der Waals surface area contributed by atoms with Gasteiger partial charge in [0, 0.05) is 26.2 Å². The quantitative estimate of drug-likeness (QED) is 0.671. The van der Waals surface area contributed by atoms with Gasteiger partial charge in [0.25, 0.3) is 0 Å². The largest absolute Gasteiger partial charge is 0.381 e. The molecule has 0 unspecified atom stereocenters. The van der Waals surface area contributed by atoms with E-state index in [1.807, 2.05) is 0 Å². The Morgan fingerprint density at radius 1 is 1.36 bits per heavy atom. The maximum absolute atomic E-state index is 8.44. The van der Waals surface area contributed by atoms with Crippen LogP contribution in [0.15, 0.2) is 0 Å². The lowest BCUT2D eigenvalue weighted by Crippen LogP contribution is -2.25. The number of nitriles is 1. The van der Waals surface area contributed by atoms with Crippen LogP contribution in [0, 0.1) is 17.2 Å². The van der Waals surface area contributed by atoms with Crippen molar-refractivity contribution in [3.8, 4) is 6.07 Å². The van der Waals surface area contributed by atoms with Crippen molar-refractivity contribution < 1.29 is 4.74 Å². The summed E-state index contributed by atoms with van der Waals surface area (Å²) in [5.41, 5.74) is 0. The highest BCUT2D eigenvalue weighted by Crippen LogP contribution is 2.18. The third-order valence-corrected chi connectivity index (χ3v) is 2.87. The van der Waals surface area contributed by atoms with Crippen molar-refractivity contribution in [3.05, 3.63) is 0 Å². The van der Waals surface area contributed by atoms with Crippen LogP contribution < -0.4 is 0 Å². The first-order valence-corrected chi connectivity index (χ1v) is 5.46. The number of hydrogen-bond donors (Lipinski definition) is 0. The maximum Gasteiger partial charge on any atom is 0.0635 e. The molecule has 3 heteroatoms. The van der Waals surface area contributed by atoms with Crippen LogP contribution in [0.1, 0.15) is 25.7 Å². The van der Waals surface area contributed by atoms with Gasteiger partial charge in [-0.3, -0.25) is 0 Å². The molecule has 1 fully saturated rings. The molecule has 0 bridgehead atoms. The Balaban J connectivity index is 2.03. The van der Waals surface area contributed by atoms with Crippen molar-refractivity contribution in [2.45, 2.75) is 25.7 Å². The van der Waals surface area contributed by atoms with Crippen LogP contribution in [-0.4, -0.2) is 38.3 Å². The number of nitrogens with zero attached hydrogens (tertiary/aromatic N) is 2. The van der Waals surface area contributed by atoms with Gasteiger partial charge in [-0.15, -0.1) is 0 Å². The lowest BCUT2D eigenvalue weighted by Gasteiger charge is -2.24. The van der Waals surface area contributed by atoms with Gasteiger partial charge in [0.2, 0.25) is 0 Å². The first-order chi connectivity index (χ1) is 6.83. The molecule has 0 aliphatic carbocycles. The van der Waals surface area contributed by atoms with E-state index in [0.717, 1.165) is 32.2 Å². The molecule has 1 aliphatic rings. The molecule has 0 atom stereocenters. The zero-order chi connectivity index (χ0) is 10.2. The van der Waals surface area contributed by atoms with E-state index in [1.165, 1.54) is 19.3 Å². The average molecular weight is 196 g/mol. The number of ether oxygens (including phenoxy) is 1. The van der Waals surface area contributed by atoms with E-state index in [9.17, 15) is 0 Å². The molecule has 0 spiro atoms. The summed E-state index contributed by atoms with van der Waals surface area (Å²) in [5.74, 6) is 0.841. The molecule has 0 aromatic rings. The maximum atomic E-state index is 8.44. The molecule has 3 nitrogen and oxygen atoms in total. The molecule has 80 valence electrons. The van der Waals surface area contributed by atoms with Crippen LogP contribution in [-0.2, 0) is 4.74 Å². The molecule has 0 amide bonds. The summed E-state index contributed by atoms with van der Waals surface area (Å²) in [6, 6.07) is 2.17. The summed E-state index contributed by atoms with van der Waals surface area (Å²) in [6.07, 6.45) is 4.33. The summed E-state index contributed by atoms with van der Waals surface area (Å²) < 4.78 is 5.31. The van der Waals surface area contributed by atoms with Crippen LogP contribution in [0.2, 0.25) is 0 Å². The Morgan fingerprint density at radius 2 is 2.07 bits per heavy atom. The minimum Gasteiger partial charge on any atom is -0.381 e. The Labute approximate surface area is 86.6 Å². The molecule has 0 radical (unpaired) electrons. The van der Waals surface area contributed by atoms with Crippen molar-refractivity contribution in [2.24, 2.45) is 5.92 Å². The molecule has 0 aromatic carbocycles. The van der Waals surface area contributed by atoms with Gasteiger partial charge in [-0.05, 0) is 38.8 Å². The molecule has 14 heavy (non-hydrogen) atoms. The van der Waals surface area contributed by atoms with E-state index < -0.39 is 0 Å². The van der Waals surface area contributed by atoms with Gasteiger partial charge in [-0.25, -0.2) is 0 Å². The van der Waals surface area contributed by atoms with Crippen LogP contribution >= 0.6 is 0 Å². The van der Waals surface area contributed by atoms with Gasteiger partial charge in [-0.1, -0.05) is 0 Å². The van der Waals surface area contributed by atoms with Crippen molar-refractivity contribution >= 4 is 0 Å². The van der Waals surface area contributed by atoms with Gasteiger partial charge in [0.05, 0.1) is 6.07 Å². The number of hydrogen-bond acceptors (Lipinski definition) is 3. The standard InChI is InChI=1S/C11H20N2O/c1-13(7-2-6-12)8-3-11-4-9-14-10-5-11/h11H,2-5,7-10H2,1H3. The van der Waals surface area contributed by atoms with Gasteiger partial charge in [0.1, 0.15) is 0 Å². The van der Waals surface area contributed by atoms with Crippen molar-refractivity contribution in [3.63, 3.8) is 0 Å². The fraction of sp³-hybridized carbons (Fsp3) is 0.909. The predicted octanol–water partition coefficient (Wildman–Crippen LogP) is 1.65. The zero-order valence-corrected chi connectivity index (χ0v) is 9.04. The Morgan fingerprint density at radius 3 is 2.71 bits per heavy atom. The first kappa shape index (κ1) is 11.5. The fourth-order valence-corrected chi connectivity index (χ4v) is 1.79. The molecule has 1 saturated heterocycles. The van der Waals surface area contributed by atoms with Crippen molar-refractivity contribution in [1.29, 1.82) is 5.26 Å². The van der Waals surface area contributed by atoms with Gasteiger partial charge in [-0.2, -0.15) is 5.26 Å². The van der Waals surface area contributed by atoms with Crippen LogP contribution in [0.5, 0.6) is 0 Å². The average Bonchev–Trinajstić information content (AvgIpc) is 2.25. The van der Waals surface area contributed by atoms with Gasteiger partial charge in [0.15, 0.2) is 0 Å². The highest BCUT2D eigenvalue weighted by molar-refractivity contribution is 4.72. The van der Waals surface area contributed by atoms with E-state index in [2.05, 4.69) is 18.0 Å². The second kappa shape index (κ2) is 6.80. The summed E-state index contributed by atoms with van der Waals surface area (Å²) >= 11 is 0. The van der Waals surface area contributed by atoms with Gasteiger partial charge < -0.3 is 9.64 Å². The smallest absolute Gasteiger partial charge is 0.0635 e. The third-order valence-electron chi connectivity index (χ3n) is 2.87. The second-order valence-electron chi connectivity index (χ2n) is 4.06. The minimum absolute atomic E-state index is 0.643. The van der Waals surface area contributed by atoms with E-state index in [4.69, 9.17) is 10.00 Å². The topological polar surface area (TPSA) is 36.3 Å². The summed E-state index contributed by atoms with van der Waals surface area (Å²) in [5, 5.41) is 8.44. The van der Waals surface area contributed by atoms with E-state index in [0.29, 0.717) is 6.42 Å². The molecule has 1 aliphatic heterocycles. The van der Waals surface area contributed by atoms with E-state index >= 15 is 0 Å². The third kappa shape index (κ3) is 4.59. The Kier molecular flexibility index (Phi) is 5.58. The SMILES string of the molecule is CN(CCC#N)CCC1CCOCC1. The predicted molar refractivity (Wildman–Crippen MR) is 55.9 cm³/mol. The lowest BCUT2D eigenvalue weighted by atomic mass is 9.96. The molecular weight excluding hydrogens is 176 g/mol. The van der Waals surface area contributed by atoms with Crippen LogP contribution in [0.3, 0.4) is 0 Å². The highest BCUT2D eigenvalue weighted by Gasteiger charge is 2.13. The number of rotatable bonds is 5. The van der Waals surface area contributed by atoms with E-state index in [-0.39, 0.29) is 0 Å². The Bertz CT molecular complexity index is 182. The fourth-order valence-electron chi connectivity index (χ4n) is 1.79. The van der Waals surface area contributed by atoms with Crippen molar-refractivity contribution in [1.82, 2.24) is 4.90 Å². The Hall–Kier alpha value is -0.590. The molecule has 1 rings (SSSR count). The molecular formula is C11H20N2O. The molecule has 1 heterocycles. The second-order valence-corrected chi connectivity index (χ2v) is 4.06. The minimum atomic E-state index is 0.643.